The monoisotopic (exact) mass is 301 g/mol. The normalized spacial score (nSPS) is 15.4. The number of rotatable bonds is 5. The van der Waals surface area contributed by atoms with Crippen molar-refractivity contribution in [2.24, 2.45) is 0 Å². The van der Waals surface area contributed by atoms with Crippen molar-refractivity contribution in [1.29, 1.82) is 5.26 Å². The van der Waals surface area contributed by atoms with Crippen molar-refractivity contribution in [1.82, 2.24) is 9.80 Å². The molecule has 5 heteroatoms. The molecule has 0 N–H and O–H groups in total. The molecule has 0 saturated carbocycles. The molecule has 0 radical (unpaired) electrons. The van der Waals surface area contributed by atoms with Crippen LogP contribution in [-0.2, 0) is 4.79 Å². The predicted octanol–water partition coefficient (Wildman–Crippen LogP) is 1.74. The number of carbonyl (C=O) groups is 1. The van der Waals surface area contributed by atoms with Crippen molar-refractivity contribution in [3.63, 3.8) is 0 Å². The van der Waals surface area contributed by atoms with Gasteiger partial charge in [0.25, 0.3) is 5.91 Å². The van der Waals surface area contributed by atoms with Gasteiger partial charge < -0.3 is 9.64 Å². The van der Waals surface area contributed by atoms with Crippen LogP contribution in [0.3, 0.4) is 0 Å². The Bertz CT molecular complexity index is 558. The van der Waals surface area contributed by atoms with Gasteiger partial charge in [0.15, 0.2) is 6.61 Å². The first-order valence-corrected chi connectivity index (χ1v) is 7.67. The molecule has 2 rings (SSSR count). The van der Waals surface area contributed by atoms with E-state index in [9.17, 15) is 4.79 Å². The highest BCUT2D eigenvalue weighted by Crippen LogP contribution is 2.19. The highest BCUT2D eigenvalue weighted by molar-refractivity contribution is 5.78. The lowest BCUT2D eigenvalue weighted by Gasteiger charge is -2.34. The second-order valence-corrected chi connectivity index (χ2v) is 5.69. The van der Waals surface area contributed by atoms with E-state index in [0.717, 1.165) is 36.5 Å². The van der Waals surface area contributed by atoms with E-state index >= 15 is 0 Å². The third-order valence-corrected chi connectivity index (χ3v) is 3.96. The Morgan fingerprint density at radius 2 is 2.00 bits per heavy atom. The fourth-order valence-corrected chi connectivity index (χ4v) is 2.52. The summed E-state index contributed by atoms with van der Waals surface area (Å²) >= 11 is 0. The minimum Gasteiger partial charge on any atom is -0.483 e. The van der Waals surface area contributed by atoms with Gasteiger partial charge in [-0.25, -0.2) is 0 Å². The number of piperazine rings is 1. The second kappa shape index (κ2) is 7.81. The maximum absolute atomic E-state index is 12.2. The molecule has 1 aliphatic heterocycles. The van der Waals surface area contributed by atoms with Gasteiger partial charge in [-0.3, -0.25) is 9.69 Å². The minimum absolute atomic E-state index is 0.0286. The molecule has 1 heterocycles. The van der Waals surface area contributed by atoms with E-state index in [4.69, 9.17) is 10.00 Å². The van der Waals surface area contributed by atoms with Gasteiger partial charge in [-0.05, 0) is 31.0 Å². The first kappa shape index (κ1) is 16.3. The van der Waals surface area contributed by atoms with Gasteiger partial charge in [0.05, 0.1) is 6.07 Å². The molecule has 0 atom stereocenters. The molecule has 0 spiro atoms. The van der Waals surface area contributed by atoms with E-state index in [-0.39, 0.29) is 12.5 Å². The fourth-order valence-electron chi connectivity index (χ4n) is 2.52. The van der Waals surface area contributed by atoms with Crippen LogP contribution < -0.4 is 4.74 Å². The summed E-state index contributed by atoms with van der Waals surface area (Å²) in [5.74, 6) is 0.807. The number of hydrogen-bond acceptors (Lipinski definition) is 4. The highest BCUT2D eigenvalue weighted by atomic mass is 16.5. The topological polar surface area (TPSA) is 56.6 Å². The van der Waals surface area contributed by atoms with Gasteiger partial charge >= 0.3 is 0 Å². The summed E-state index contributed by atoms with van der Waals surface area (Å²) in [7, 11) is 0. The van der Waals surface area contributed by atoms with Crippen molar-refractivity contribution in [2.75, 3.05) is 39.3 Å². The molecule has 1 fully saturated rings. The number of carbonyl (C=O) groups excluding carboxylic acids is 1. The Kier molecular flexibility index (Phi) is 5.79. The van der Waals surface area contributed by atoms with Crippen LogP contribution in [0.4, 0.5) is 0 Å². The zero-order valence-electron chi connectivity index (χ0n) is 13.3. The first-order chi connectivity index (χ1) is 10.6. The second-order valence-electron chi connectivity index (χ2n) is 5.69. The number of nitrogens with zero attached hydrogens (tertiary/aromatic N) is 3. The molecule has 1 aromatic carbocycles. The van der Waals surface area contributed by atoms with Crippen LogP contribution >= 0.6 is 0 Å². The van der Waals surface area contributed by atoms with Gasteiger partial charge in [0.2, 0.25) is 0 Å². The summed E-state index contributed by atoms with van der Waals surface area (Å²) < 4.78 is 5.68. The lowest BCUT2D eigenvalue weighted by atomic mass is 10.1. The van der Waals surface area contributed by atoms with Gasteiger partial charge in [0, 0.05) is 39.1 Å². The van der Waals surface area contributed by atoms with E-state index in [1.54, 1.807) is 0 Å². The third-order valence-electron chi connectivity index (χ3n) is 3.96. The number of nitriles is 1. The lowest BCUT2D eigenvalue weighted by molar-refractivity contribution is -0.135. The standard InChI is InChI=1S/C17H23N3O2/c1-14-4-5-15(2)16(12-14)22-13-17(21)20-10-8-19(9-11-20)7-3-6-18/h4-5,12H,3,7-11,13H2,1-2H3. The van der Waals surface area contributed by atoms with Crippen molar-refractivity contribution in [2.45, 2.75) is 20.3 Å². The summed E-state index contributed by atoms with van der Waals surface area (Å²) in [5.41, 5.74) is 2.17. The van der Waals surface area contributed by atoms with Crippen LogP contribution in [0.1, 0.15) is 17.5 Å². The molecule has 0 bridgehead atoms. The van der Waals surface area contributed by atoms with E-state index in [1.807, 2.05) is 36.9 Å². The van der Waals surface area contributed by atoms with E-state index in [2.05, 4.69) is 11.0 Å². The van der Waals surface area contributed by atoms with E-state index < -0.39 is 0 Å². The summed E-state index contributed by atoms with van der Waals surface area (Å²) in [4.78, 5) is 16.3. The summed E-state index contributed by atoms with van der Waals surface area (Å²) in [6.45, 7) is 7.94. The summed E-state index contributed by atoms with van der Waals surface area (Å²) in [5, 5.41) is 8.60. The SMILES string of the molecule is Cc1ccc(C)c(OCC(=O)N2CCN(CCC#N)CC2)c1. The lowest BCUT2D eigenvalue weighted by Crippen LogP contribution is -2.50. The average Bonchev–Trinajstić information content (AvgIpc) is 2.54. The highest BCUT2D eigenvalue weighted by Gasteiger charge is 2.21. The van der Waals surface area contributed by atoms with Gasteiger partial charge in [-0.15, -0.1) is 0 Å². The number of hydrogen-bond donors (Lipinski definition) is 0. The molecule has 1 amide bonds. The molecule has 1 aliphatic rings. The van der Waals surface area contributed by atoms with Crippen LogP contribution in [0.2, 0.25) is 0 Å². The van der Waals surface area contributed by atoms with Gasteiger partial charge in [-0.1, -0.05) is 12.1 Å². The van der Waals surface area contributed by atoms with Crippen molar-refractivity contribution in [3.05, 3.63) is 29.3 Å². The molecule has 0 aromatic heterocycles. The molecule has 22 heavy (non-hydrogen) atoms. The van der Waals surface area contributed by atoms with Crippen molar-refractivity contribution >= 4 is 5.91 Å². The zero-order valence-corrected chi connectivity index (χ0v) is 13.3. The van der Waals surface area contributed by atoms with Crippen LogP contribution in [0.15, 0.2) is 18.2 Å². The number of aryl methyl sites for hydroxylation is 2. The largest absolute Gasteiger partial charge is 0.483 e. The molecule has 0 aliphatic carbocycles. The fraction of sp³-hybridized carbons (Fsp3) is 0.529. The van der Waals surface area contributed by atoms with Crippen LogP contribution in [0.5, 0.6) is 5.75 Å². The van der Waals surface area contributed by atoms with Crippen molar-refractivity contribution < 1.29 is 9.53 Å². The van der Waals surface area contributed by atoms with Crippen LogP contribution in [-0.4, -0.2) is 55.0 Å². The van der Waals surface area contributed by atoms with Gasteiger partial charge in [0.1, 0.15) is 5.75 Å². The first-order valence-electron chi connectivity index (χ1n) is 7.67. The molecule has 118 valence electrons. The molecular weight excluding hydrogens is 278 g/mol. The Balaban J connectivity index is 1.79. The Morgan fingerprint density at radius 1 is 1.27 bits per heavy atom. The quantitative estimate of drug-likeness (QED) is 0.831. The Hall–Kier alpha value is -2.06. The predicted molar refractivity (Wildman–Crippen MR) is 84.7 cm³/mol. The maximum atomic E-state index is 12.2. The van der Waals surface area contributed by atoms with Crippen LogP contribution in [0.25, 0.3) is 0 Å². The van der Waals surface area contributed by atoms with Gasteiger partial charge in [-0.2, -0.15) is 5.26 Å². The molecule has 1 saturated heterocycles. The Morgan fingerprint density at radius 3 is 2.68 bits per heavy atom. The number of amides is 1. The molecule has 5 nitrogen and oxygen atoms in total. The maximum Gasteiger partial charge on any atom is 0.260 e. The van der Waals surface area contributed by atoms with E-state index in [1.165, 1.54) is 0 Å². The van der Waals surface area contributed by atoms with E-state index in [0.29, 0.717) is 19.5 Å². The average molecular weight is 301 g/mol. The van der Waals surface area contributed by atoms with Crippen LogP contribution in [0, 0.1) is 25.2 Å². The molecular formula is C17H23N3O2. The van der Waals surface area contributed by atoms with Crippen molar-refractivity contribution in [3.8, 4) is 11.8 Å². The Labute approximate surface area is 132 Å². The number of benzene rings is 1. The third kappa shape index (κ3) is 4.47. The summed E-state index contributed by atoms with van der Waals surface area (Å²) in [6.07, 6.45) is 0.545. The smallest absolute Gasteiger partial charge is 0.260 e. The number of ether oxygens (including phenoxy) is 1. The molecule has 1 aromatic rings. The minimum atomic E-state index is 0.0286. The molecule has 0 unspecified atom stereocenters. The zero-order chi connectivity index (χ0) is 15.9. The summed E-state index contributed by atoms with van der Waals surface area (Å²) in [6, 6.07) is 8.15.